The van der Waals surface area contributed by atoms with Crippen LogP contribution in [0.3, 0.4) is 0 Å². The second kappa shape index (κ2) is 8.84. The highest BCUT2D eigenvalue weighted by atomic mass is 16.5. The predicted molar refractivity (Wildman–Crippen MR) is 88.4 cm³/mol. The molecule has 2 rings (SSSR count). The average molecular weight is 312 g/mol. The van der Waals surface area contributed by atoms with E-state index in [2.05, 4.69) is 11.8 Å². The zero-order valence-corrected chi connectivity index (χ0v) is 13.3. The van der Waals surface area contributed by atoms with Crippen LogP contribution in [0.5, 0.6) is 11.5 Å². The van der Waals surface area contributed by atoms with Gasteiger partial charge in [0.1, 0.15) is 12.7 Å². The fraction of sp³-hybridized carbons (Fsp3) is 0.263. The topological polar surface area (TPSA) is 47.9 Å². The molecule has 0 aromatic heterocycles. The molecule has 1 atom stereocenters. The lowest BCUT2D eigenvalue weighted by atomic mass is 10.1. The van der Waals surface area contributed by atoms with E-state index in [0.29, 0.717) is 23.7 Å². The van der Waals surface area contributed by atoms with E-state index in [-0.39, 0.29) is 6.61 Å². The van der Waals surface area contributed by atoms with Crippen LogP contribution in [0.4, 0.5) is 0 Å². The van der Waals surface area contributed by atoms with E-state index >= 15 is 0 Å². The molecule has 2 aromatic rings. The lowest BCUT2D eigenvalue weighted by Gasteiger charge is -2.13. The fourth-order valence-corrected chi connectivity index (χ4v) is 2.14. The van der Waals surface area contributed by atoms with Crippen LogP contribution in [-0.4, -0.2) is 25.9 Å². The van der Waals surface area contributed by atoms with E-state index in [1.54, 1.807) is 25.3 Å². The number of methoxy groups -OCH3 is 2. The normalized spacial score (nSPS) is 11.3. The summed E-state index contributed by atoms with van der Waals surface area (Å²) in [6.45, 7) is 0.742. The van der Waals surface area contributed by atoms with Crippen LogP contribution in [0.15, 0.2) is 48.5 Å². The van der Waals surface area contributed by atoms with E-state index in [0.717, 1.165) is 5.56 Å². The molecule has 2 aromatic carbocycles. The molecule has 0 heterocycles. The first-order valence-corrected chi connectivity index (χ1v) is 7.25. The van der Waals surface area contributed by atoms with Gasteiger partial charge in [0.15, 0.2) is 11.5 Å². The van der Waals surface area contributed by atoms with Crippen molar-refractivity contribution in [1.29, 1.82) is 0 Å². The second-order valence-electron chi connectivity index (χ2n) is 4.78. The highest BCUT2D eigenvalue weighted by Gasteiger charge is 2.14. The first-order valence-electron chi connectivity index (χ1n) is 7.25. The van der Waals surface area contributed by atoms with E-state index in [4.69, 9.17) is 14.2 Å². The van der Waals surface area contributed by atoms with Gasteiger partial charge in [0.05, 0.1) is 20.8 Å². The van der Waals surface area contributed by atoms with Gasteiger partial charge in [-0.3, -0.25) is 0 Å². The molecule has 0 radical (unpaired) electrons. The Kier molecular flexibility index (Phi) is 6.49. The molecule has 1 N–H and O–H groups in total. The minimum atomic E-state index is -0.958. The second-order valence-corrected chi connectivity index (χ2v) is 4.78. The van der Waals surface area contributed by atoms with Crippen LogP contribution in [0.2, 0.25) is 0 Å². The fourth-order valence-electron chi connectivity index (χ4n) is 2.14. The van der Waals surface area contributed by atoms with Crippen LogP contribution >= 0.6 is 0 Å². The number of benzene rings is 2. The van der Waals surface area contributed by atoms with E-state index < -0.39 is 6.10 Å². The third-order valence-electron chi connectivity index (χ3n) is 3.25. The third kappa shape index (κ3) is 4.75. The van der Waals surface area contributed by atoms with Crippen molar-refractivity contribution in [3.05, 3.63) is 59.7 Å². The highest BCUT2D eigenvalue weighted by molar-refractivity contribution is 5.49. The van der Waals surface area contributed by atoms with E-state index in [1.165, 1.54) is 7.11 Å². The maximum Gasteiger partial charge on any atom is 0.167 e. The minimum absolute atomic E-state index is 0.248. The Morgan fingerprint density at radius 2 is 1.78 bits per heavy atom. The molecule has 0 fully saturated rings. The van der Waals surface area contributed by atoms with Crippen molar-refractivity contribution in [2.24, 2.45) is 0 Å². The standard InChI is InChI=1S/C19H20O4/c1-21-18-12-6-10-16(19(18)22-2)17(20)11-7-13-23-14-15-8-4-3-5-9-15/h3-6,8-10,12,17,20H,13-14H2,1-2H3. The van der Waals surface area contributed by atoms with Crippen molar-refractivity contribution >= 4 is 0 Å². The number of hydrogen-bond acceptors (Lipinski definition) is 4. The smallest absolute Gasteiger partial charge is 0.167 e. The molecule has 0 amide bonds. The average Bonchev–Trinajstić information content (AvgIpc) is 2.61. The summed E-state index contributed by atoms with van der Waals surface area (Å²) in [6.07, 6.45) is -0.958. The Morgan fingerprint density at radius 3 is 2.48 bits per heavy atom. The summed E-state index contributed by atoms with van der Waals surface area (Å²) in [5.41, 5.74) is 1.66. The maximum atomic E-state index is 10.2. The predicted octanol–water partition coefficient (Wildman–Crippen LogP) is 2.96. The Balaban J connectivity index is 1.93. The van der Waals surface area contributed by atoms with Gasteiger partial charge in [-0.15, -0.1) is 0 Å². The zero-order valence-electron chi connectivity index (χ0n) is 13.3. The van der Waals surface area contributed by atoms with Gasteiger partial charge in [-0.2, -0.15) is 0 Å². The molecular weight excluding hydrogens is 292 g/mol. The molecule has 0 saturated carbocycles. The Bertz CT molecular complexity index is 671. The van der Waals surface area contributed by atoms with Gasteiger partial charge in [0.2, 0.25) is 0 Å². The zero-order chi connectivity index (χ0) is 16.5. The minimum Gasteiger partial charge on any atom is -0.493 e. The molecule has 0 bridgehead atoms. The van der Waals surface area contributed by atoms with Crippen molar-refractivity contribution < 1.29 is 19.3 Å². The van der Waals surface area contributed by atoms with Crippen molar-refractivity contribution in [2.45, 2.75) is 12.7 Å². The molecule has 0 aliphatic rings. The first kappa shape index (κ1) is 16.9. The van der Waals surface area contributed by atoms with Crippen molar-refractivity contribution in [2.75, 3.05) is 20.8 Å². The summed E-state index contributed by atoms with van der Waals surface area (Å²) in [4.78, 5) is 0. The van der Waals surface area contributed by atoms with Gasteiger partial charge in [-0.1, -0.05) is 54.3 Å². The van der Waals surface area contributed by atoms with Gasteiger partial charge >= 0.3 is 0 Å². The van der Waals surface area contributed by atoms with Crippen LogP contribution in [0, 0.1) is 11.8 Å². The van der Waals surface area contributed by atoms with Crippen molar-refractivity contribution in [3.8, 4) is 23.3 Å². The van der Waals surface area contributed by atoms with Crippen LogP contribution in [0.1, 0.15) is 17.2 Å². The van der Waals surface area contributed by atoms with Crippen molar-refractivity contribution in [3.63, 3.8) is 0 Å². The number of aliphatic hydroxyl groups is 1. The molecule has 4 nitrogen and oxygen atoms in total. The van der Waals surface area contributed by atoms with E-state index in [9.17, 15) is 5.11 Å². The van der Waals surface area contributed by atoms with Crippen LogP contribution < -0.4 is 9.47 Å². The van der Waals surface area contributed by atoms with Gasteiger partial charge < -0.3 is 19.3 Å². The summed E-state index contributed by atoms with van der Waals surface area (Å²) in [7, 11) is 3.08. The van der Waals surface area contributed by atoms with E-state index in [1.807, 2.05) is 30.3 Å². The number of rotatable bonds is 6. The lowest BCUT2D eigenvalue weighted by molar-refractivity contribution is 0.153. The Hall–Kier alpha value is -2.48. The maximum absolute atomic E-state index is 10.2. The highest BCUT2D eigenvalue weighted by Crippen LogP contribution is 2.34. The lowest BCUT2D eigenvalue weighted by Crippen LogP contribution is -2.01. The molecule has 0 aliphatic heterocycles. The molecule has 0 aliphatic carbocycles. The molecule has 23 heavy (non-hydrogen) atoms. The third-order valence-corrected chi connectivity index (χ3v) is 3.25. The molecule has 4 heteroatoms. The molecule has 120 valence electrons. The van der Waals surface area contributed by atoms with Crippen molar-refractivity contribution in [1.82, 2.24) is 0 Å². The number of hydrogen-bond donors (Lipinski definition) is 1. The van der Waals surface area contributed by atoms with Gasteiger partial charge in [-0.25, -0.2) is 0 Å². The summed E-state index contributed by atoms with van der Waals surface area (Å²) < 4.78 is 16.0. The first-order chi connectivity index (χ1) is 11.3. The Morgan fingerprint density at radius 1 is 1.00 bits per heavy atom. The Labute approximate surface area is 136 Å². The largest absolute Gasteiger partial charge is 0.493 e. The molecule has 0 spiro atoms. The summed E-state index contributed by atoms with van der Waals surface area (Å²) in [6, 6.07) is 15.2. The summed E-state index contributed by atoms with van der Waals surface area (Å²) in [5.74, 6) is 6.63. The number of aliphatic hydroxyl groups excluding tert-OH is 1. The summed E-state index contributed by atoms with van der Waals surface area (Å²) in [5, 5.41) is 10.2. The summed E-state index contributed by atoms with van der Waals surface area (Å²) >= 11 is 0. The molecule has 1 unspecified atom stereocenters. The van der Waals surface area contributed by atoms with Crippen LogP contribution in [0.25, 0.3) is 0 Å². The SMILES string of the molecule is COc1cccc(C(O)C#CCOCc2ccccc2)c1OC. The quantitative estimate of drug-likeness (QED) is 0.658. The number of ether oxygens (including phenoxy) is 3. The monoisotopic (exact) mass is 312 g/mol. The molecular formula is C19H20O4. The van der Waals surface area contributed by atoms with Gasteiger partial charge in [0, 0.05) is 5.56 Å². The van der Waals surface area contributed by atoms with Gasteiger partial charge in [0.25, 0.3) is 0 Å². The molecule has 0 saturated heterocycles. The van der Waals surface area contributed by atoms with Gasteiger partial charge in [-0.05, 0) is 11.6 Å². The van der Waals surface area contributed by atoms with Crippen LogP contribution in [-0.2, 0) is 11.3 Å². The number of para-hydroxylation sites is 1.